The smallest absolute Gasteiger partial charge is 0.317 e. The molecule has 1 saturated heterocycles. The second-order valence-corrected chi connectivity index (χ2v) is 6.44. The van der Waals surface area contributed by atoms with Gasteiger partial charge in [0.15, 0.2) is 0 Å². The zero-order valence-corrected chi connectivity index (χ0v) is 13.9. The number of carbonyl (C=O) groups excluding carboxylic acids is 1. The molecule has 1 aliphatic rings. The van der Waals surface area contributed by atoms with Crippen LogP contribution in [0.15, 0.2) is 24.4 Å². The van der Waals surface area contributed by atoms with Crippen LogP contribution in [0, 0.1) is 6.92 Å². The summed E-state index contributed by atoms with van der Waals surface area (Å²) in [7, 11) is 2.06. The number of rotatable bonds is 4. The monoisotopic (exact) mass is 315 g/mol. The largest absolute Gasteiger partial charge is 0.394 e. The molecule has 2 amide bonds. The second kappa shape index (κ2) is 6.62. The molecule has 124 valence electrons. The molecule has 0 aliphatic carbocycles. The van der Waals surface area contributed by atoms with Crippen molar-refractivity contribution in [2.45, 2.75) is 32.2 Å². The van der Waals surface area contributed by atoms with E-state index in [2.05, 4.69) is 48.3 Å². The number of aliphatic hydroxyl groups excluding tert-OH is 1. The number of aliphatic hydroxyl groups is 1. The number of amides is 2. The minimum Gasteiger partial charge on any atom is -0.394 e. The van der Waals surface area contributed by atoms with Gasteiger partial charge >= 0.3 is 6.03 Å². The van der Waals surface area contributed by atoms with Crippen molar-refractivity contribution in [3.05, 3.63) is 35.5 Å². The topological polar surface area (TPSA) is 57.5 Å². The quantitative estimate of drug-likeness (QED) is 0.909. The molecule has 0 radical (unpaired) electrons. The van der Waals surface area contributed by atoms with Crippen LogP contribution in [0.25, 0.3) is 10.9 Å². The average molecular weight is 315 g/mol. The first kappa shape index (κ1) is 15.9. The van der Waals surface area contributed by atoms with Crippen molar-refractivity contribution in [1.29, 1.82) is 0 Å². The molecule has 5 heteroatoms. The molecule has 1 aromatic heterocycles. The number of aromatic nitrogens is 1. The number of likely N-dealkylation sites (tertiary alicyclic amines) is 1. The highest BCUT2D eigenvalue weighted by Gasteiger charge is 2.27. The van der Waals surface area contributed by atoms with E-state index < -0.39 is 0 Å². The van der Waals surface area contributed by atoms with E-state index in [1.54, 1.807) is 4.90 Å². The van der Waals surface area contributed by atoms with Crippen LogP contribution in [0.3, 0.4) is 0 Å². The number of fused-ring (bicyclic) bond motifs is 1. The number of urea groups is 1. The summed E-state index contributed by atoms with van der Waals surface area (Å²) in [6.45, 7) is 3.50. The maximum Gasteiger partial charge on any atom is 0.317 e. The highest BCUT2D eigenvalue weighted by Crippen LogP contribution is 2.22. The van der Waals surface area contributed by atoms with Crippen LogP contribution in [-0.4, -0.2) is 46.3 Å². The Balaban J connectivity index is 1.62. The fraction of sp³-hybridized carbons (Fsp3) is 0.500. The van der Waals surface area contributed by atoms with Gasteiger partial charge in [-0.25, -0.2) is 4.79 Å². The molecule has 23 heavy (non-hydrogen) atoms. The van der Waals surface area contributed by atoms with Crippen molar-refractivity contribution in [2.24, 2.45) is 7.05 Å². The molecular formula is C18H25N3O2. The lowest BCUT2D eigenvalue weighted by Gasteiger charge is -2.23. The molecular weight excluding hydrogens is 290 g/mol. The van der Waals surface area contributed by atoms with Gasteiger partial charge in [-0.05, 0) is 43.4 Å². The first-order valence-corrected chi connectivity index (χ1v) is 8.30. The van der Waals surface area contributed by atoms with Gasteiger partial charge in [0.25, 0.3) is 0 Å². The van der Waals surface area contributed by atoms with Crippen LogP contribution in [0.5, 0.6) is 0 Å². The predicted molar refractivity (Wildman–Crippen MR) is 91.6 cm³/mol. The van der Waals surface area contributed by atoms with Crippen LogP contribution in [-0.2, 0) is 13.5 Å². The van der Waals surface area contributed by atoms with E-state index in [-0.39, 0.29) is 18.7 Å². The molecule has 2 heterocycles. The van der Waals surface area contributed by atoms with E-state index in [0.717, 1.165) is 25.8 Å². The third kappa shape index (κ3) is 3.20. The number of carbonyl (C=O) groups is 1. The summed E-state index contributed by atoms with van der Waals surface area (Å²) in [5.41, 5.74) is 3.73. The molecule has 5 nitrogen and oxygen atoms in total. The lowest BCUT2D eigenvalue weighted by Crippen LogP contribution is -2.44. The number of aryl methyl sites for hydroxylation is 2. The Labute approximate surface area is 136 Å². The number of benzene rings is 1. The predicted octanol–water partition coefficient (Wildman–Crippen LogP) is 2.20. The van der Waals surface area contributed by atoms with E-state index in [4.69, 9.17) is 0 Å². The Morgan fingerprint density at radius 2 is 2.26 bits per heavy atom. The molecule has 2 N–H and O–H groups in total. The molecule has 2 aromatic rings. The minimum absolute atomic E-state index is 0.0180. The Morgan fingerprint density at radius 3 is 3.04 bits per heavy atom. The number of hydrogen-bond donors (Lipinski definition) is 2. The van der Waals surface area contributed by atoms with E-state index >= 15 is 0 Å². The van der Waals surface area contributed by atoms with Gasteiger partial charge in [0.1, 0.15) is 0 Å². The third-order valence-corrected chi connectivity index (χ3v) is 4.75. The average Bonchev–Trinajstić information content (AvgIpc) is 3.12. The zero-order chi connectivity index (χ0) is 16.4. The minimum atomic E-state index is -0.0577. The highest BCUT2D eigenvalue weighted by atomic mass is 16.3. The molecule has 0 bridgehead atoms. The van der Waals surface area contributed by atoms with Crippen molar-refractivity contribution < 1.29 is 9.90 Å². The second-order valence-electron chi connectivity index (χ2n) is 6.44. The Morgan fingerprint density at radius 1 is 1.43 bits per heavy atom. The molecule has 1 aliphatic heterocycles. The van der Waals surface area contributed by atoms with Gasteiger partial charge in [-0.1, -0.05) is 12.1 Å². The molecule has 1 aromatic carbocycles. The maximum absolute atomic E-state index is 12.2. The Kier molecular flexibility index (Phi) is 4.57. The van der Waals surface area contributed by atoms with Crippen LogP contribution < -0.4 is 5.32 Å². The van der Waals surface area contributed by atoms with Gasteiger partial charge in [-0.3, -0.25) is 0 Å². The Hall–Kier alpha value is -2.01. The van der Waals surface area contributed by atoms with Gasteiger partial charge in [0.05, 0.1) is 12.6 Å². The molecule has 1 atom stereocenters. The number of nitrogens with one attached hydrogen (secondary N) is 1. The van der Waals surface area contributed by atoms with E-state index in [0.29, 0.717) is 6.54 Å². The van der Waals surface area contributed by atoms with Crippen molar-refractivity contribution >= 4 is 16.9 Å². The Bertz CT molecular complexity index is 708. The van der Waals surface area contributed by atoms with Gasteiger partial charge in [-0.15, -0.1) is 0 Å². The molecule has 0 unspecified atom stereocenters. The SMILES string of the molecule is Cc1ccc2c(CCNC(=O)N3CCC[C@H]3CO)cn(C)c2c1. The normalized spacial score (nSPS) is 17.9. The number of nitrogens with zero attached hydrogens (tertiary/aromatic N) is 2. The van der Waals surface area contributed by atoms with Gasteiger partial charge in [-0.2, -0.15) is 0 Å². The van der Waals surface area contributed by atoms with Crippen LogP contribution in [0.4, 0.5) is 4.79 Å². The first-order valence-electron chi connectivity index (χ1n) is 8.30. The van der Waals surface area contributed by atoms with E-state index in [1.807, 2.05) is 0 Å². The van der Waals surface area contributed by atoms with Crippen molar-refractivity contribution in [1.82, 2.24) is 14.8 Å². The van der Waals surface area contributed by atoms with Crippen LogP contribution in [0.2, 0.25) is 0 Å². The standard InChI is InChI=1S/C18H25N3O2/c1-13-5-6-16-14(11-20(2)17(16)10-13)7-8-19-18(23)21-9-3-4-15(21)12-22/h5-6,10-11,15,22H,3-4,7-9,12H2,1-2H3,(H,19,23)/t15-/m0/s1. The number of hydrogen-bond acceptors (Lipinski definition) is 2. The fourth-order valence-corrected chi connectivity index (χ4v) is 3.48. The van der Waals surface area contributed by atoms with Crippen molar-refractivity contribution in [3.8, 4) is 0 Å². The molecule has 0 spiro atoms. The molecule has 1 fully saturated rings. The molecule has 0 saturated carbocycles. The lowest BCUT2D eigenvalue weighted by atomic mass is 10.1. The first-order chi connectivity index (χ1) is 11.1. The third-order valence-electron chi connectivity index (χ3n) is 4.75. The van der Waals surface area contributed by atoms with Gasteiger partial charge < -0.3 is 19.9 Å². The summed E-state index contributed by atoms with van der Waals surface area (Å²) >= 11 is 0. The zero-order valence-electron chi connectivity index (χ0n) is 13.9. The van der Waals surface area contributed by atoms with Crippen molar-refractivity contribution in [3.63, 3.8) is 0 Å². The van der Waals surface area contributed by atoms with E-state index in [9.17, 15) is 9.90 Å². The fourth-order valence-electron chi connectivity index (χ4n) is 3.48. The summed E-state index contributed by atoms with van der Waals surface area (Å²) < 4.78 is 2.14. The summed E-state index contributed by atoms with van der Waals surface area (Å²) in [6.07, 6.45) is 4.82. The van der Waals surface area contributed by atoms with E-state index in [1.165, 1.54) is 22.0 Å². The van der Waals surface area contributed by atoms with Crippen LogP contribution >= 0.6 is 0 Å². The summed E-state index contributed by atoms with van der Waals surface area (Å²) in [6, 6.07) is 6.39. The van der Waals surface area contributed by atoms with Crippen LogP contribution in [0.1, 0.15) is 24.0 Å². The van der Waals surface area contributed by atoms with Gasteiger partial charge in [0.2, 0.25) is 0 Å². The summed E-state index contributed by atoms with van der Waals surface area (Å²) in [4.78, 5) is 14.0. The maximum atomic E-state index is 12.2. The highest BCUT2D eigenvalue weighted by molar-refractivity contribution is 5.84. The summed E-state index contributed by atoms with van der Waals surface area (Å²) in [5.74, 6) is 0. The van der Waals surface area contributed by atoms with Gasteiger partial charge in [0, 0.05) is 37.2 Å². The molecule has 3 rings (SSSR count). The van der Waals surface area contributed by atoms with Crippen molar-refractivity contribution in [2.75, 3.05) is 19.7 Å². The summed E-state index contributed by atoms with van der Waals surface area (Å²) in [5, 5.41) is 13.5. The lowest BCUT2D eigenvalue weighted by molar-refractivity contribution is 0.157.